The molecule has 1 aliphatic heterocycles. The quantitative estimate of drug-likeness (QED) is 0.800. The molecule has 1 saturated heterocycles. The highest BCUT2D eigenvalue weighted by Gasteiger charge is 2.18. The van der Waals surface area contributed by atoms with E-state index < -0.39 is 0 Å². The van der Waals surface area contributed by atoms with Gasteiger partial charge in [0.15, 0.2) is 0 Å². The second kappa shape index (κ2) is 4.85. The fourth-order valence-corrected chi connectivity index (χ4v) is 2.40. The van der Waals surface area contributed by atoms with Crippen molar-refractivity contribution in [1.29, 1.82) is 0 Å². The molecular weight excluding hydrogens is 222 g/mol. The molecule has 0 amide bonds. The number of aromatic nitrogens is 2. The molecular formula is C12H16ClN3. The standard InChI is InChI=1S/C12H15N3.ClH/c1-3-9(7-13-5-1)10-8-15-11-4-2-6-14-12(10)11;/h2,4,6,8-9,13,15H,1,3,5,7H2;1H. The molecule has 0 aliphatic carbocycles. The number of H-pyrrole nitrogens is 1. The molecule has 3 nitrogen and oxygen atoms in total. The summed E-state index contributed by atoms with van der Waals surface area (Å²) in [5.74, 6) is 0.627. The van der Waals surface area contributed by atoms with E-state index in [1.165, 1.54) is 18.4 Å². The van der Waals surface area contributed by atoms with Gasteiger partial charge in [0, 0.05) is 30.4 Å². The molecule has 3 rings (SSSR count). The maximum absolute atomic E-state index is 4.46. The Morgan fingerprint density at radius 3 is 3.12 bits per heavy atom. The maximum atomic E-state index is 4.46. The van der Waals surface area contributed by atoms with Gasteiger partial charge in [-0.15, -0.1) is 12.4 Å². The van der Waals surface area contributed by atoms with Crippen LogP contribution in [-0.4, -0.2) is 23.1 Å². The molecule has 0 aromatic carbocycles. The van der Waals surface area contributed by atoms with E-state index in [0.717, 1.165) is 24.1 Å². The zero-order chi connectivity index (χ0) is 10.1. The van der Waals surface area contributed by atoms with Crippen molar-refractivity contribution in [2.45, 2.75) is 18.8 Å². The van der Waals surface area contributed by atoms with Crippen LogP contribution < -0.4 is 5.32 Å². The normalized spacial score (nSPS) is 20.6. The van der Waals surface area contributed by atoms with Gasteiger partial charge in [0.25, 0.3) is 0 Å². The summed E-state index contributed by atoms with van der Waals surface area (Å²) in [7, 11) is 0. The molecule has 1 aliphatic rings. The molecule has 1 unspecified atom stereocenters. The van der Waals surface area contributed by atoms with E-state index in [0.29, 0.717) is 5.92 Å². The Morgan fingerprint density at radius 2 is 2.31 bits per heavy atom. The summed E-state index contributed by atoms with van der Waals surface area (Å²) >= 11 is 0. The van der Waals surface area contributed by atoms with Crippen LogP contribution in [0.5, 0.6) is 0 Å². The minimum Gasteiger partial charge on any atom is -0.360 e. The van der Waals surface area contributed by atoms with Crippen molar-refractivity contribution in [1.82, 2.24) is 15.3 Å². The van der Waals surface area contributed by atoms with Crippen molar-refractivity contribution in [2.75, 3.05) is 13.1 Å². The minimum atomic E-state index is 0. The lowest BCUT2D eigenvalue weighted by Gasteiger charge is -2.21. The Kier molecular flexibility index (Phi) is 3.46. The summed E-state index contributed by atoms with van der Waals surface area (Å²) in [6, 6.07) is 4.06. The zero-order valence-corrected chi connectivity index (χ0v) is 9.89. The van der Waals surface area contributed by atoms with E-state index in [9.17, 15) is 0 Å². The van der Waals surface area contributed by atoms with Crippen LogP contribution >= 0.6 is 12.4 Å². The lowest BCUT2D eigenvalue weighted by Crippen LogP contribution is -2.28. The smallest absolute Gasteiger partial charge is 0.0914 e. The van der Waals surface area contributed by atoms with E-state index in [1.54, 1.807) is 0 Å². The summed E-state index contributed by atoms with van der Waals surface area (Å²) in [6.07, 6.45) is 6.53. The largest absolute Gasteiger partial charge is 0.360 e. The summed E-state index contributed by atoms with van der Waals surface area (Å²) in [4.78, 5) is 7.75. The van der Waals surface area contributed by atoms with Gasteiger partial charge in [-0.1, -0.05) is 0 Å². The van der Waals surface area contributed by atoms with Crippen LogP contribution in [0.15, 0.2) is 24.5 Å². The number of pyridine rings is 1. The minimum absolute atomic E-state index is 0. The van der Waals surface area contributed by atoms with Crippen molar-refractivity contribution in [3.8, 4) is 0 Å². The molecule has 1 atom stereocenters. The van der Waals surface area contributed by atoms with Crippen LogP contribution in [0.2, 0.25) is 0 Å². The average molecular weight is 238 g/mol. The van der Waals surface area contributed by atoms with Gasteiger partial charge in [0.05, 0.1) is 11.0 Å². The Morgan fingerprint density at radius 1 is 1.38 bits per heavy atom. The van der Waals surface area contributed by atoms with Crippen molar-refractivity contribution in [2.24, 2.45) is 0 Å². The first-order valence-electron chi connectivity index (χ1n) is 5.58. The van der Waals surface area contributed by atoms with Crippen molar-refractivity contribution in [3.05, 3.63) is 30.1 Å². The number of piperidine rings is 1. The molecule has 16 heavy (non-hydrogen) atoms. The molecule has 0 saturated carbocycles. The highest BCUT2D eigenvalue weighted by atomic mass is 35.5. The van der Waals surface area contributed by atoms with Crippen LogP contribution in [0.1, 0.15) is 24.3 Å². The number of aromatic amines is 1. The Labute approximate surface area is 101 Å². The predicted molar refractivity (Wildman–Crippen MR) is 68.2 cm³/mol. The van der Waals surface area contributed by atoms with E-state index in [1.807, 2.05) is 12.3 Å². The fraction of sp³-hybridized carbons (Fsp3) is 0.417. The SMILES string of the molecule is Cl.c1cnc2c(C3CCCNC3)c[nH]c2c1. The monoisotopic (exact) mass is 237 g/mol. The second-order valence-electron chi connectivity index (χ2n) is 4.19. The highest BCUT2D eigenvalue weighted by Crippen LogP contribution is 2.28. The van der Waals surface area contributed by atoms with E-state index in [2.05, 4.69) is 27.5 Å². The van der Waals surface area contributed by atoms with Gasteiger partial charge >= 0.3 is 0 Å². The summed E-state index contributed by atoms with van der Waals surface area (Å²) in [5, 5.41) is 3.45. The third-order valence-corrected chi connectivity index (χ3v) is 3.20. The highest BCUT2D eigenvalue weighted by molar-refractivity contribution is 5.85. The first-order valence-corrected chi connectivity index (χ1v) is 5.58. The predicted octanol–water partition coefficient (Wildman–Crippen LogP) is 2.45. The van der Waals surface area contributed by atoms with Crippen LogP contribution in [-0.2, 0) is 0 Å². The van der Waals surface area contributed by atoms with Crippen molar-refractivity contribution < 1.29 is 0 Å². The van der Waals surface area contributed by atoms with Crippen LogP contribution in [0.4, 0.5) is 0 Å². The Balaban J connectivity index is 0.000000963. The fourth-order valence-electron chi connectivity index (χ4n) is 2.40. The third kappa shape index (κ3) is 1.93. The van der Waals surface area contributed by atoms with E-state index in [-0.39, 0.29) is 12.4 Å². The maximum Gasteiger partial charge on any atom is 0.0914 e. The summed E-state index contributed by atoms with van der Waals surface area (Å²) in [5.41, 5.74) is 3.67. The number of halogens is 1. The average Bonchev–Trinajstić information content (AvgIpc) is 2.74. The van der Waals surface area contributed by atoms with Crippen molar-refractivity contribution in [3.63, 3.8) is 0 Å². The number of fused-ring (bicyclic) bond motifs is 1. The van der Waals surface area contributed by atoms with Crippen LogP contribution in [0, 0.1) is 0 Å². The number of hydrogen-bond donors (Lipinski definition) is 2. The molecule has 0 spiro atoms. The molecule has 3 heterocycles. The molecule has 1 fully saturated rings. The molecule has 4 heteroatoms. The molecule has 86 valence electrons. The number of nitrogens with one attached hydrogen (secondary N) is 2. The van der Waals surface area contributed by atoms with E-state index in [4.69, 9.17) is 0 Å². The van der Waals surface area contributed by atoms with Crippen molar-refractivity contribution >= 4 is 23.4 Å². The zero-order valence-electron chi connectivity index (χ0n) is 9.07. The topological polar surface area (TPSA) is 40.7 Å². The molecule has 2 aromatic heterocycles. The lowest BCUT2D eigenvalue weighted by molar-refractivity contribution is 0.463. The van der Waals surface area contributed by atoms with Gasteiger partial charge in [-0.25, -0.2) is 0 Å². The Hall–Kier alpha value is -1.06. The molecule has 0 radical (unpaired) electrons. The van der Waals surface area contributed by atoms with Gasteiger partial charge in [-0.05, 0) is 31.5 Å². The number of nitrogens with zero attached hydrogens (tertiary/aromatic N) is 1. The van der Waals surface area contributed by atoms with E-state index >= 15 is 0 Å². The van der Waals surface area contributed by atoms with Gasteiger partial charge < -0.3 is 10.3 Å². The van der Waals surface area contributed by atoms with Crippen LogP contribution in [0.25, 0.3) is 11.0 Å². The third-order valence-electron chi connectivity index (χ3n) is 3.20. The van der Waals surface area contributed by atoms with Gasteiger partial charge in [0.2, 0.25) is 0 Å². The first kappa shape index (κ1) is 11.4. The lowest BCUT2D eigenvalue weighted by atomic mass is 9.93. The van der Waals surface area contributed by atoms with Gasteiger partial charge in [-0.3, -0.25) is 4.98 Å². The van der Waals surface area contributed by atoms with Crippen LogP contribution in [0.3, 0.4) is 0 Å². The van der Waals surface area contributed by atoms with Gasteiger partial charge in [0.1, 0.15) is 0 Å². The molecule has 2 N–H and O–H groups in total. The second-order valence-corrected chi connectivity index (χ2v) is 4.19. The molecule has 2 aromatic rings. The Bertz CT molecular complexity index is 460. The number of hydrogen-bond acceptors (Lipinski definition) is 2. The summed E-state index contributed by atoms with van der Waals surface area (Å²) in [6.45, 7) is 2.25. The van der Waals surface area contributed by atoms with Gasteiger partial charge in [-0.2, -0.15) is 0 Å². The number of rotatable bonds is 1. The first-order chi connectivity index (χ1) is 7.45. The summed E-state index contributed by atoms with van der Waals surface area (Å²) < 4.78 is 0. The molecule has 0 bridgehead atoms.